The van der Waals surface area contributed by atoms with Gasteiger partial charge in [-0.3, -0.25) is 14.4 Å². The molecular weight excluding hydrogens is 264 g/mol. The topological polar surface area (TPSA) is 119 Å². The molecule has 7 nitrogen and oxygen atoms in total. The molecule has 4 atom stereocenters. The zero-order chi connectivity index (χ0) is 14.7. The van der Waals surface area contributed by atoms with E-state index in [0.717, 1.165) is 6.42 Å². The van der Waals surface area contributed by atoms with Crippen molar-refractivity contribution in [3.63, 3.8) is 0 Å². The third-order valence-electron chi connectivity index (χ3n) is 3.84. The van der Waals surface area contributed by atoms with E-state index >= 15 is 0 Å². The smallest absolute Gasteiger partial charge is 0.307 e. The maximum absolute atomic E-state index is 12.1. The van der Waals surface area contributed by atoms with Crippen LogP contribution >= 0.6 is 0 Å². The summed E-state index contributed by atoms with van der Waals surface area (Å²) >= 11 is 0. The highest BCUT2D eigenvalue weighted by atomic mass is 16.5. The van der Waals surface area contributed by atoms with E-state index in [1.807, 2.05) is 12.2 Å². The summed E-state index contributed by atoms with van der Waals surface area (Å²) in [6.07, 6.45) is 4.55. The minimum atomic E-state index is -0.924. The van der Waals surface area contributed by atoms with Crippen molar-refractivity contribution in [2.75, 3.05) is 19.8 Å². The molecule has 20 heavy (non-hydrogen) atoms. The van der Waals surface area contributed by atoms with Crippen LogP contribution in [-0.2, 0) is 19.1 Å². The summed E-state index contributed by atoms with van der Waals surface area (Å²) in [5.41, 5.74) is 4.90. The van der Waals surface area contributed by atoms with E-state index in [-0.39, 0.29) is 37.5 Å². The van der Waals surface area contributed by atoms with Crippen molar-refractivity contribution in [1.29, 1.82) is 0 Å². The number of carbonyl (C=O) groups is 3. The minimum Gasteiger partial charge on any atom is -0.481 e. The molecule has 1 saturated carbocycles. The van der Waals surface area contributed by atoms with Crippen molar-refractivity contribution in [2.24, 2.45) is 29.4 Å². The number of carbonyl (C=O) groups excluding carboxylic acids is 2. The van der Waals surface area contributed by atoms with Gasteiger partial charge in [0, 0.05) is 6.54 Å². The summed E-state index contributed by atoms with van der Waals surface area (Å²) in [7, 11) is 0. The predicted molar refractivity (Wildman–Crippen MR) is 68.4 cm³/mol. The molecule has 0 spiro atoms. The zero-order valence-electron chi connectivity index (χ0n) is 11.0. The van der Waals surface area contributed by atoms with Crippen molar-refractivity contribution in [3.8, 4) is 0 Å². The number of carboxylic acids is 1. The molecule has 110 valence electrons. The lowest BCUT2D eigenvalue weighted by atomic mass is 9.82. The lowest BCUT2D eigenvalue weighted by molar-refractivity contribution is -0.147. The number of hydrogen-bond acceptors (Lipinski definition) is 4. The fourth-order valence-electron chi connectivity index (χ4n) is 3.05. The summed E-state index contributed by atoms with van der Waals surface area (Å²) in [5.74, 6) is -2.95. The van der Waals surface area contributed by atoms with Crippen LogP contribution in [0.3, 0.4) is 0 Å². The fourth-order valence-corrected chi connectivity index (χ4v) is 3.05. The summed E-state index contributed by atoms with van der Waals surface area (Å²) < 4.78 is 4.92. The second kappa shape index (κ2) is 6.04. The summed E-state index contributed by atoms with van der Waals surface area (Å²) in [6, 6.07) is 0. The lowest BCUT2D eigenvalue weighted by Crippen LogP contribution is -2.41. The van der Waals surface area contributed by atoms with E-state index in [9.17, 15) is 19.5 Å². The first kappa shape index (κ1) is 14.5. The van der Waals surface area contributed by atoms with Crippen molar-refractivity contribution < 1.29 is 24.2 Å². The first-order valence-corrected chi connectivity index (χ1v) is 6.55. The van der Waals surface area contributed by atoms with Gasteiger partial charge in [-0.05, 0) is 18.3 Å². The Kier molecular flexibility index (Phi) is 4.39. The van der Waals surface area contributed by atoms with Crippen LogP contribution in [0.5, 0.6) is 0 Å². The Hall–Kier alpha value is -1.89. The number of nitrogens with one attached hydrogen (secondary N) is 1. The molecule has 0 saturated heterocycles. The monoisotopic (exact) mass is 282 g/mol. The number of ether oxygens (including phenoxy) is 1. The summed E-state index contributed by atoms with van der Waals surface area (Å²) in [4.78, 5) is 33.8. The molecule has 0 radical (unpaired) electrons. The average molecular weight is 282 g/mol. The van der Waals surface area contributed by atoms with E-state index in [1.54, 1.807) is 0 Å². The molecule has 2 bridgehead atoms. The van der Waals surface area contributed by atoms with Gasteiger partial charge in [0.25, 0.3) is 0 Å². The van der Waals surface area contributed by atoms with E-state index in [4.69, 9.17) is 10.5 Å². The maximum atomic E-state index is 12.1. The first-order valence-electron chi connectivity index (χ1n) is 6.55. The first-order chi connectivity index (χ1) is 9.50. The molecule has 0 aromatic rings. The van der Waals surface area contributed by atoms with Crippen LogP contribution in [0.25, 0.3) is 0 Å². The largest absolute Gasteiger partial charge is 0.481 e. The van der Waals surface area contributed by atoms with Crippen LogP contribution in [0.2, 0.25) is 0 Å². The van der Waals surface area contributed by atoms with Crippen molar-refractivity contribution >= 4 is 17.8 Å². The van der Waals surface area contributed by atoms with Crippen molar-refractivity contribution in [1.82, 2.24) is 5.32 Å². The molecule has 1 fully saturated rings. The van der Waals surface area contributed by atoms with Crippen LogP contribution in [-0.4, -0.2) is 42.6 Å². The van der Waals surface area contributed by atoms with E-state index < -0.39 is 23.7 Å². The zero-order valence-corrected chi connectivity index (χ0v) is 11.0. The molecule has 2 rings (SSSR count). The van der Waals surface area contributed by atoms with Gasteiger partial charge in [-0.25, -0.2) is 0 Å². The Morgan fingerprint density at radius 3 is 2.50 bits per heavy atom. The molecule has 2 aliphatic carbocycles. The molecule has 0 aliphatic heterocycles. The van der Waals surface area contributed by atoms with Gasteiger partial charge in [-0.1, -0.05) is 12.2 Å². The number of hydrogen-bond donors (Lipinski definition) is 3. The number of amides is 2. The van der Waals surface area contributed by atoms with Crippen LogP contribution in [0.15, 0.2) is 12.2 Å². The molecule has 7 heteroatoms. The van der Waals surface area contributed by atoms with Gasteiger partial charge in [0.05, 0.1) is 18.4 Å². The van der Waals surface area contributed by atoms with Crippen LogP contribution in [0, 0.1) is 23.7 Å². The Balaban J connectivity index is 1.81. The average Bonchev–Trinajstić information content (AvgIpc) is 2.97. The molecule has 4 N–H and O–H groups in total. The second-order valence-electron chi connectivity index (χ2n) is 5.15. The number of primary amides is 1. The molecule has 0 aromatic carbocycles. The Bertz CT molecular complexity index is 448. The predicted octanol–water partition coefficient (Wildman–Crippen LogP) is -0.873. The number of allylic oxidation sites excluding steroid dienone is 2. The summed E-state index contributed by atoms with van der Waals surface area (Å²) in [6.45, 7) is 0.212. The van der Waals surface area contributed by atoms with E-state index in [2.05, 4.69) is 5.32 Å². The molecule has 2 aliphatic rings. The minimum absolute atomic E-state index is 0.00707. The van der Waals surface area contributed by atoms with Crippen molar-refractivity contribution in [3.05, 3.63) is 12.2 Å². The van der Waals surface area contributed by atoms with E-state index in [1.165, 1.54) is 0 Å². The number of carboxylic acid groups (broad SMARTS) is 1. The Labute approximate surface area is 116 Å². The maximum Gasteiger partial charge on any atom is 0.307 e. The SMILES string of the molecule is NC(=O)COCCNC(=O)C1C2C=CC(C2)C1C(=O)O. The highest BCUT2D eigenvalue weighted by Gasteiger charge is 2.51. The van der Waals surface area contributed by atoms with Crippen LogP contribution < -0.4 is 11.1 Å². The van der Waals surface area contributed by atoms with Crippen LogP contribution in [0.4, 0.5) is 0 Å². The quantitative estimate of drug-likeness (QED) is 0.414. The molecule has 0 heterocycles. The second-order valence-corrected chi connectivity index (χ2v) is 5.15. The van der Waals surface area contributed by atoms with Gasteiger partial charge in [-0.15, -0.1) is 0 Å². The standard InChI is InChI=1S/C13H18N2O5/c14-9(16)6-20-4-3-15-12(17)10-7-1-2-8(5-7)11(10)13(18)19/h1-2,7-8,10-11H,3-6H2,(H2,14,16)(H,15,17)(H,18,19). The third-order valence-corrected chi connectivity index (χ3v) is 3.84. The molecular formula is C13H18N2O5. The number of fused-ring (bicyclic) bond motifs is 2. The third kappa shape index (κ3) is 2.98. The van der Waals surface area contributed by atoms with E-state index in [0.29, 0.717) is 0 Å². The van der Waals surface area contributed by atoms with Gasteiger partial charge in [0.15, 0.2) is 0 Å². The highest BCUT2D eigenvalue weighted by Crippen LogP contribution is 2.48. The molecule has 4 unspecified atom stereocenters. The molecule has 2 amide bonds. The highest BCUT2D eigenvalue weighted by molar-refractivity contribution is 5.86. The van der Waals surface area contributed by atoms with Gasteiger partial charge in [0.2, 0.25) is 11.8 Å². The van der Waals surface area contributed by atoms with Crippen molar-refractivity contribution in [2.45, 2.75) is 6.42 Å². The Morgan fingerprint density at radius 1 is 1.25 bits per heavy atom. The van der Waals surface area contributed by atoms with Crippen LogP contribution in [0.1, 0.15) is 6.42 Å². The number of nitrogens with two attached hydrogens (primary N) is 1. The molecule has 0 aromatic heterocycles. The fraction of sp³-hybridized carbons (Fsp3) is 0.615. The van der Waals surface area contributed by atoms with Gasteiger partial charge in [0.1, 0.15) is 6.61 Å². The van der Waals surface area contributed by atoms with Gasteiger partial charge >= 0.3 is 5.97 Å². The summed E-state index contributed by atoms with van der Waals surface area (Å²) in [5, 5.41) is 11.9. The van der Waals surface area contributed by atoms with Gasteiger partial charge < -0.3 is 20.9 Å². The number of rotatable bonds is 7. The normalized spacial score (nSPS) is 30.4. The lowest BCUT2D eigenvalue weighted by Gasteiger charge is -2.23. The van der Waals surface area contributed by atoms with Gasteiger partial charge in [-0.2, -0.15) is 0 Å². The number of aliphatic carboxylic acids is 1. The Morgan fingerprint density at radius 2 is 1.90 bits per heavy atom.